The first-order valence-electron chi connectivity index (χ1n) is 25.2. The zero-order valence-corrected chi connectivity index (χ0v) is 41.6. The fourth-order valence-electron chi connectivity index (χ4n) is 11.5. The Bertz CT molecular complexity index is 2650. The highest BCUT2D eigenvalue weighted by Crippen LogP contribution is 2.37. The van der Waals surface area contributed by atoms with Gasteiger partial charge in [-0.25, -0.2) is 9.36 Å². The summed E-state index contributed by atoms with van der Waals surface area (Å²) >= 11 is 0. The molecule has 70 heavy (non-hydrogen) atoms. The first kappa shape index (κ1) is 46.9. The molecule has 2 atom stereocenters. The lowest BCUT2D eigenvalue weighted by atomic mass is 9.85. The van der Waals surface area contributed by atoms with Crippen LogP contribution in [0.5, 0.6) is 12.0 Å². The largest absolute Gasteiger partial charge is 0.467 e. The average molecular weight is 957 g/mol. The number of ether oxygens (including phenoxy) is 4. The number of hydrogen-bond donors (Lipinski definition) is 2. The number of methoxy groups -OCH3 is 2. The molecule has 10 heterocycles. The van der Waals surface area contributed by atoms with Gasteiger partial charge in [-0.3, -0.25) is 9.80 Å². The highest BCUT2D eigenvalue weighted by molar-refractivity contribution is 5.83. The Labute approximate surface area is 409 Å². The van der Waals surface area contributed by atoms with Gasteiger partial charge in [0, 0.05) is 49.1 Å². The number of anilines is 2. The van der Waals surface area contributed by atoms with E-state index >= 15 is 0 Å². The van der Waals surface area contributed by atoms with E-state index in [-0.39, 0.29) is 0 Å². The third-order valence-electron chi connectivity index (χ3n) is 15.8. The molecule has 12 rings (SSSR count). The van der Waals surface area contributed by atoms with E-state index in [4.69, 9.17) is 29.1 Å². The highest BCUT2D eigenvalue weighted by atomic mass is 16.5. The van der Waals surface area contributed by atoms with Crippen molar-refractivity contribution < 1.29 is 29.2 Å². The molecule has 0 radical (unpaired) electrons. The molecule has 0 bridgehead atoms. The van der Waals surface area contributed by atoms with Gasteiger partial charge in [-0.15, -0.1) is 0 Å². The van der Waals surface area contributed by atoms with Crippen LogP contribution < -0.4 is 19.3 Å². The number of piperidine rings is 2. The highest BCUT2D eigenvalue weighted by Gasteiger charge is 2.36. The number of rotatable bonds is 10. The molecule has 18 nitrogen and oxygen atoms in total. The number of nitrogens with zero attached hydrogens (tertiary/aromatic N) is 12. The van der Waals surface area contributed by atoms with E-state index in [1.54, 1.807) is 14.2 Å². The summed E-state index contributed by atoms with van der Waals surface area (Å²) in [5.74, 6) is 3.91. The van der Waals surface area contributed by atoms with Crippen molar-refractivity contribution in [3.05, 3.63) is 71.0 Å². The summed E-state index contributed by atoms with van der Waals surface area (Å²) in [7, 11) is 3.15. The summed E-state index contributed by atoms with van der Waals surface area (Å²) in [5, 5.41) is 32.5. The van der Waals surface area contributed by atoms with Gasteiger partial charge in [0.2, 0.25) is 0 Å². The topological polar surface area (TPSA) is 178 Å². The molecule has 6 aliphatic heterocycles. The van der Waals surface area contributed by atoms with Crippen molar-refractivity contribution in [3.8, 4) is 23.7 Å². The van der Waals surface area contributed by atoms with E-state index in [0.29, 0.717) is 73.5 Å². The van der Waals surface area contributed by atoms with Gasteiger partial charge in [0.15, 0.2) is 11.6 Å². The molecule has 6 saturated heterocycles. The van der Waals surface area contributed by atoms with Crippen molar-refractivity contribution in [1.82, 2.24) is 49.3 Å². The molecule has 2 N–H and O–H groups in total. The number of aromatic nitrogens is 8. The molecule has 0 spiro atoms. The molecule has 0 amide bonds. The molecular weight excluding hydrogens is 889 g/mol. The van der Waals surface area contributed by atoms with Crippen LogP contribution >= 0.6 is 0 Å². The fourth-order valence-corrected chi connectivity index (χ4v) is 11.5. The van der Waals surface area contributed by atoms with Crippen molar-refractivity contribution in [3.63, 3.8) is 0 Å². The van der Waals surface area contributed by atoms with E-state index in [9.17, 15) is 10.2 Å². The van der Waals surface area contributed by atoms with E-state index in [1.165, 1.54) is 22.3 Å². The predicted octanol–water partition coefficient (Wildman–Crippen LogP) is 5.34. The standard InChI is InChI=1S/2C26H34N6O3/c2*1-17-10-19-13-27-32(22(19)11-21(17)18-4-7-30(8-5-18)20-14-35-15-20)24-12-23(28-25(29-24)34-3)31-9-6-26(2,33)16-31/h2*10-13,18,20,33H,4-9,14-16H2,1-3H3. The van der Waals surface area contributed by atoms with Crippen LogP contribution in [0.15, 0.2) is 48.8 Å². The molecule has 0 aliphatic carbocycles. The van der Waals surface area contributed by atoms with Crippen LogP contribution in [-0.4, -0.2) is 176 Å². The lowest BCUT2D eigenvalue weighted by Crippen LogP contribution is -2.51. The Balaban J connectivity index is 0.000000152. The monoisotopic (exact) mass is 957 g/mol. The Hall–Kier alpha value is -5.50. The minimum Gasteiger partial charge on any atom is -0.467 e. The molecule has 372 valence electrons. The maximum absolute atomic E-state index is 10.4. The van der Waals surface area contributed by atoms with Gasteiger partial charge >= 0.3 is 12.0 Å². The number of benzene rings is 2. The summed E-state index contributed by atoms with van der Waals surface area (Å²) in [6, 6.07) is 14.8. The summed E-state index contributed by atoms with van der Waals surface area (Å²) in [6.07, 6.45) is 9.87. The molecule has 6 aliphatic rings. The van der Waals surface area contributed by atoms with E-state index in [0.717, 1.165) is 125 Å². The Morgan fingerprint density at radius 1 is 0.543 bits per heavy atom. The van der Waals surface area contributed by atoms with Gasteiger partial charge in [0.25, 0.3) is 0 Å². The van der Waals surface area contributed by atoms with Crippen molar-refractivity contribution in [2.45, 2.75) is 101 Å². The van der Waals surface area contributed by atoms with Gasteiger partial charge in [-0.2, -0.15) is 30.1 Å². The molecule has 2 aromatic carbocycles. The molecule has 18 heteroatoms. The molecule has 0 saturated carbocycles. The average Bonchev–Trinajstić information content (AvgIpc) is 4.12. The second-order valence-corrected chi connectivity index (χ2v) is 21.1. The summed E-state index contributed by atoms with van der Waals surface area (Å²) in [4.78, 5) is 27.7. The number of likely N-dealkylation sites (tertiary alicyclic amines) is 2. The number of β-amino-alcohol motifs (C(OH)–C–C–N with tert-alkyl or cyclic N) is 2. The summed E-state index contributed by atoms with van der Waals surface area (Å²) < 4.78 is 25.4. The number of hydrogen-bond acceptors (Lipinski definition) is 16. The normalized spacial score (nSPS) is 24.3. The maximum atomic E-state index is 10.4. The Morgan fingerprint density at radius 2 is 0.929 bits per heavy atom. The van der Waals surface area contributed by atoms with Crippen LogP contribution in [0, 0.1) is 13.8 Å². The molecule has 2 unspecified atom stereocenters. The molecule has 4 aromatic heterocycles. The van der Waals surface area contributed by atoms with Crippen LogP contribution in [0.1, 0.15) is 86.5 Å². The van der Waals surface area contributed by atoms with Crippen molar-refractivity contribution >= 4 is 33.4 Å². The first-order valence-corrected chi connectivity index (χ1v) is 25.2. The maximum Gasteiger partial charge on any atom is 0.320 e. The van der Waals surface area contributed by atoms with Crippen molar-refractivity contribution in [2.75, 3.05) is 103 Å². The van der Waals surface area contributed by atoms with E-state index in [2.05, 4.69) is 77.6 Å². The third kappa shape index (κ3) is 9.41. The molecule has 6 fully saturated rings. The third-order valence-corrected chi connectivity index (χ3v) is 15.8. The molecular formula is C52H68N12O6. The van der Waals surface area contributed by atoms with Gasteiger partial charge in [0.05, 0.1) is 87.4 Å². The number of aryl methyl sites for hydroxylation is 2. The van der Waals surface area contributed by atoms with Gasteiger partial charge in [0.1, 0.15) is 11.6 Å². The Morgan fingerprint density at radius 3 is 1.26 bits per heavy atom. The second-order valence-electron chi connectivity index (χ2n) is 21.1. The van der Waals surface area contributed by atoms with Gasteiger partial charge in [-0.1, -0.05) is 0 Å². The smallest absolute Gasteiger partial charge is 0.320 e. The first-order chi connectivity index (χ1) is 33.8. The van der Waals surface area contributed by atoms with Crippen molar-refractivity contribution in [2.24, 2.45) is 0 Å². The summed E-state index contributed by atoms with van der Waals surface area (Å²) in [5.41, 5.74) is 6.10. The lowest BCUT2D eigenvalue weighted by molar-refractivity contribution is -0.0712. The zero-order valence-electron chi connectivity index (χ0n) is 41.6. The number of fused-ring (bicyclic) bond motifs is 2. The van der Waals surface area contributed by atoms with Crippen LogP contribution in [0.2, 0.25) is 0 Å². The SMILES string of the molecule is COc1nc(N2CCC(C)(O)C2)cc(-n2ncc3cc(C)c(C4CCN(C5COC5)CC4)cc32)n1.COc1nc(N2CCC(C)(O)C2)cc(-n2ncc3cc(C)c(C4CCN(C5COC5)CC4)cc32)n1. The van der Waals surface area contributed by atoms with Gasteiger partial charge in [-0.05, 0) is 151 Å². The molecule has 6 aromatic rings. The minimum absolute atomic E-state index is 0.298. The fraction of sp³-hybridized carbons (Fsp3) is 0.577. The number of aliphatic hydroxyl groups is 2. The predicted molar refractivity (Wildman–Crippen MR) is 267 cm³/mol. The second kappa shape index (κ2) is 18.9. The van der Waals surface area contributed by atoms with E-state index in [1.807, 2.05) is 47.7 Å². The lowest BCUT2D eigenvalue weighted by Gasteiger charge is -2.41. The summed E-state index contributed by atoms with van der Waals surface area (Å²) in [6.45, 7) is 18.7. The Kier molecular flexibility index (Phi) is 12.7. The van der Waals surface area contributed by atoms with Crippen LogP contribution in [0.3, 0.4) is 0 Å². The van der Waals surface area contributed by atoms with Crippen LogP contribution in [0.4, 0.5) is 11.6 Å². The van der Waals surface area contributed by atoms with Crippen LogP contribution in [0.25, 0.3) is 33.4 Å². The zero-order chi connectivity index (χ0) is 48.3. The van der Waals surface area contributed by atoms with Gasteiger partial charge < -0.3 is 39.0 Å². The van der Waals surface area contributed by atoms with Crippen LogP contribution in [-0.2, 0) is 9.47 Å². The van der Waals surface area contributed by atoms with Crippen molar-refractivity contribution in [1.29, 1.82) is 0 Å². The quantitative estimate of drug-likeness (QED) is 0.180. The van der Waals surface area contributed by atoms with E-state index < -0.39 is 11.2 Å². The minimum atomic E-state index is -0.718.